The van der Waals surface area contributed by atoms with Gasteiger partial charge in [0.15, 0.2) is 0 Å². The van der Waals surface area contributed by atoms with E-state index in [0.717, 1.165) is 11.1 Å². The molecule has 7 heteroatoms. The minimum absolute atomic E-state index is 0.231. The first-order valence-electron chi connectivity index (χ1n) is 9.53. The summed E-state index contributed by atoms with van der Waals surface area (Å²) in [5.41, 5.74) is 2.44. The first-order chi connectivity index (χ1) is 14.1. The van der Waals surface area contributed by atoms with Gasteiger partial charge in [-0.3, -0.25) is 9.59 Å². The summed E-state index contributed by atoms with van der Waals surface area (Å²) in [4.78, 5) is 35.8. The largest absolute Gasteiger partial charge is 0.444 e. The maximum Gasteiger partial charge on any atom is 0.408 e. The van der Waals surface area contributed by atoms with Gasteiger partial charge in [-0.05, 0) is 57.5 Å². The van der Waals surface area contributed by atoms with Crippen LogP contribution in [0.3, 0.4) is 0 Å². The molecule has 2 rings (SSSR count). The van der Waals surface area contributed by atoms with Crippen molar-refractivity contribution in [3.8, 4) is 0 Å². The van der Waals surface area contributed by atoms with Gasteiger partial charge in [0.25, 0.3) is 0 Å². The average molecular weight is 409 g/mol. The standard InChI is InChI=1S/C23H27N3O4/c1-16-7-5-8-17(13-16)11-12-20(27)25-18-9-6-10-19(14-18)26-21(28)15-24-22(29)30-23(2,3)4/h5-14H,15H2,1-4H3,(H,24,29)(H,25,27)(H,26,28)/b12-11+. The number of amides is 3. The predicted molar refractivity (Wildman–Crippen MR) is 118 cm³/mol. The van der Waals surface area contributed by atoms with Crippen molar-refractivity contribution in [3.05, 3.63) is 65.7 Å². The Kier molecular flexibility index (Phi) is 7.75. The molecule has 0 saturated heterocycles. The molecule has 0 fully saturated rings. The summed E-state index contributed by atoms with van der Waals surface area (Å²) in [6.45, 7) is 6.97. The van der Waals surface area contributed by atoms with Crippen molar-refractivity contribution in [2.45, 2.75) is 33.3 Å². The molecule has 3 amide bonds. The van der Waals surface area contributed by atoms with Crippen LogP contribution in [-0.4, -0.2) is 30.1 Å². The minimum atomic E-state index is -0.668. The number of carbonyl (C=O) groups is 3. The van der Waals surface area contributed by atoms with Crippen molar-refractivity contribution in [2.24, 2.45) is 0 Å². The Hall–Kier alpha value is -3.61. The summed E-state index contributed by atoms with van der Waals surface area (Å²) in [6, 6.07) is 14.5. The monoisotopic (exact) mass is 409 g/mol. The molecule has 158 valence electrons. The smallest absolute Gasteiger partial charge is 0.408 e. The van der Waals surface area contributed by atoms with E-state index in [1.54, 1.807) is 51.1 Å². The van der Waals surface area contributed by atoms with E-state index in [1.165, 1.54) is 6.08 Å². The molecule has 2 aromatic rings. The van der Waals surface area contributed by atoms with Crippen molar-refractivity contribution in [2.75, 3.05) is 17.2 Å². The first kappa shape index (κ1) is 22.7. The molecule has 3 N–H and O–H groups in total. The van der Waals surface area contributed by atoms with E-state index in [1.807, 2.05) is 31.2 Å². The second kappa shape index (κ2) is 10.2. The molecule has 0 saturated carbocycles. The molecule has 0 aliphatic rings. The van der Waals surface area contributed by atoms with Crippen molar-refractivity contribution in [1.29, 1.82) is 0 Å². The fraction of sp³-hybridized carbons (Fsp3) is 0.261. The van der Waals surface area contributed by atoms with Crippen LogP contribution in [0, 0.1) is 6.92 Å². The van der Waals surface area contributed by atoms with Crippen molar-refractivity contribution < 1.29 is 19.1 Å². The van der Waals surface area contributed by atoms with E-state index in [0.29, 0.717) is 11.4 Å². The maximum absolute atomic E-state index is 12.1. The molecule has 0 heterocycles. The molecular weight excluding hydrogens is 382 g/mol. The van der Waals surface area contributed by atoms with Gasteiger partial charge in [-0.2, -0.15) is 0 Å². The summed E-state index contributed by atoms with van der Waals surface area (Å²) in [5, 5.41) is 7.80. The van der Waals surface area contributed by atoms with Gasteiger partial charge >= 0.3 is 6.09 Å². The quantitative estimate of drug-likeness (QED) is 0.626. The lowest BCUT2D eigenvalue weighted by atomic mass is 10.1. The maximum atomic E-state index is 12.1. The van der Waals surface area contributed by atoms with Gasteiger partial charge in [0, 0.05) is 17.5 Å². The fourth-order valence-corrected chi connectivity index (χ4v) is 2.48. The summed E-state index contributed by atoms with van der Waals surface area (Å²) in [7, 11) is 0. The van der Waals surface area contributed by atoms with Gasteiger partial charge < -0.3 is 20.7 Å². The van der Waals surface area contributed by atoms with Crippen LogP contribution in [0.25, 0.3) is 6.08 Å². The third kappa shape index (κ3) is 8.60. The summed E-state index contributed by atoms with van der Waals surface area (Å²) in [5.74, 6) is -0.699. The molecule has 2 aromatic carbocycles. The summed E-state index contributed by atoms with van der Waals surface area (Å²) >= 11 is 0. The van der Waals surface area contributed by atoms with Gasteiger partial charge in [0.05, 0.1) is 0 Å². The highest BCUT2D eigenvalue weighted by Crippen LogP contribution is 2.15. The molecule has 0 radical (unpaired) electrons. The molecule has 0 spiro atoms. The third-order valence-electron chi connectivity index (χ3n) is 3.68. The average Bonchev–Trinajstić information content (AvgIpc) is 2.64. The SMILES string of the molecule is Cc1cccc(/C=C/C(=O)Nc2cccc(NC(=O)CNC(=O)OC(C)(C)C)c2)c1. The van der Waals surface area contributed by atoms with E-state index < -0.39 is 17.6 Å². The number of carbonyl (C=O) groups excluding carboxylic acids is 3. The van der Waals surface area contributed by atoms with E-state index in [2.05, 4.69) is 16.0 Å². The molecule has 0 bridgehead atoms. The predicted octanol–water partition coefficient (Wildman–Crippen LogP) is 4.11. The number of hydrogen-bond acceptors (Lipinski definition) is 4. The number of alkyl carbamates (subject to hydrolysis) is 1. The Labute approximate surface area is 176 Å². The Bertz CT molecular complexity index is 945. The van der Waals surface area contributed by atoms with Crippen LogP contribution in [0.15, 0.2) is 54.6 Å². The number of aryl methyl sites for hydroxylation is 1. The second-order valence-corrected chi connectivity index (χ2v) is 7.72. The highest BCUT2D eigenvalue weighted by molar-refractivity contribution is 6.02. The van der Waals surface area contributed by atoms with Gasteiger partial charge in [-0.15, -0.1) is 0 Å². The lowest BCUT2D eigenvalue weighted by molar-refractivity contribution is -0.115. The number of ether oxygens (including phenoxy) is 1. The number of nitrogens with one attached hydrogen (secondary N) is 3. The molecule has 30 heavy (non-hydrogen) atoms. The van der Waals surface area contributed by atoms with Gasteiger partial charge in [0.1, 0.15) is 12.1 Å². The minimum Gasteiger partial charge on any atom is -0.444 e. The number of rotatable bonds is 6. The van der Waals surface area contributed by atoms with Crippen LogP contribution >= 0.6 is 0 Å². The fourth-order valence-electron chi connectivity index (χ4n) is 2.48. The van der Waals surface area contributed by atoms with Crippen molar-refractivity contribution in [3.63, 3.8) is 0 Å². The highest BCUT2D eigenvalue weighted by atomic mass is 16.6. The van der Waals surface area contributed by atoms with E-state index in [4.69, 9.17) is 4.74 Å². The van der Waals surface area contributed by atoms with Crippen molar-refractivity contribution >= 4 is 35.4 Å². The Morgan fingerprint density at radius 3 is 2.30 bits per heavy atom. The number of benzene rings is 2. The second-order valence-electron chi connectivity index (χ2n) is 7.72. The molecule has 0 aliphatic carbocycles. The third-order valence-corrected chi connectivity index (χ3v) is 3.68. The highest BCUT2D eigenvalue weighted by Gasteiger charge is 2.16. The molecule has 0 aliphatic heterocycles. The molecular formula is C23H27N3O4. The number of hydrogen-bond donors (Lipinski definition) is 3. The molecule has 0 atom stereocenters. The molecule has 7 nitrogen and oxygen atoms in total. The summed E-state index contributed by atoms with van der Waals surface area (Å²) in [6.07, 6.45) is 2.51. The van der Waals surface area contributed by atoms with Gasteiger partial charge in [-0.1, -0.05) is 35.9 Å². The first-order valence-corrected chi connectivity index (χ1v) is 9.53. The van der Waals surface area contributed by atoms with Crippen LogP contribution in [0.5, 0.6) is 0 Å². The van der Waals surface area contributed by atoms with E-state index >= 15 is 0 Å². The van der Waals surface area contributed by atoms with Crippen molar-refractivity contribution in [1.82, 2.24) is 5.32 Å². The normalized spacial score (nSPS) is 11.1. The van der Waals surface area contributed by atoms with E-state index in [9.17, 15) is 14.4 Å². The van der Waals surface area contributed by atoms with Crippen LogP contribution in [0.1, 0.15) is 31.9 Å². The zero-order chi connectivity index (χ0) is 22.1. The van der Waals surface area contributed by atoms with Gasteiger partial charge in [-0.25, -0.2) is 4.79 Å². The Morgan fingerprint density at radius 1 is 0.967 bits per heavy atom. The van der Waals surface area contributed by atoms with Crippen LogP contribution in [0.2, 0.25) is 0 Å². The molecule has 0 aromatic heterocycles. The zero-order valence-electron chi connectivity index (χ0n) is 17.6. The van der Waals surface area contributed by atoms with Crippen LogP contribution in [-0.2, 0) is 14.3 Å². The van der Waals surface area contributed by atoms with Crippen LogP contribution in [0.4, 0.5) is 16.2 Å². The summed E-state index contributed by atoms with van der Waals surface area (Å²) < 4.78 is 5.08. The van der Waals surface area contributed by atoms with Crippen LogP contribution < -0.4 is 16.0 Å². The van der Waals surface area contributed by atoms with Gasteiger partial charge in [0.2, 0.25) is 11.8 Å². The molecule has 0 unspecified atom stereocenters. The lowest BCUT2D eigenvalue weighted by Gasteiger charge is -2.19. The topological polar surface area (TPSA) is 96.5 Å². The zero-order valence-corrected chi connectivity index (χ0v) is 17.6. The Morgan fingerprint density at radius 2 is 1.63 bits per heavy atom. The Balaban J connectivity index is 1.87. The number of anilines is 2. The lowest BCUT2D eigenvalue weighted by Crippen LogP contribution is -2.37. The van der Waals surface area contributed by atoms with E-state index in [-0.39, 0.29) is 12.5 Å².